The van der Waals surface area contributed by atoms with Crippen LogP contribution in [0.3, 0.4) is 0 Å². The van der Waals surface area contributed by atoms with Gasteiger partial charge in [-0.2, -0.15) is 5.10 Å². The molecule has 4 heterocycles. The molecule has 4 aliphatic rings. The fraction of sp³-hybridized carbons (Fsp3) is 0.433. The lowest BCUT2D eigenvalue weighted by molar-refractivity contribution is -0.136. The summed E-state index contributed by atoms with van der Waals surface area (Å²) in [5.41, 5.74) is 5.76. The smallest absolute Gasteiger partial charge is 0.255 e. The molecule has 9 nitrogen and oxygen atoms in total. The summed E-state index contributed by atoms with van der Waals surface area (Å²) < 4.78 is 15.9. The van der Waals surface area contributed by atoms with Gasteiger partial charge in [0, 0.05) is 48.4 Å². The number of halogens is 1. The number of hydrogen-bond donors (Lipinski definition) is 2. The molecule has 0 spiro atoms. The van der Waals surface area contributed by atoms with E-state index in [1.807, 2.05) is 18.2 Å². The standard InChI is InChI=1S/C30H31FN6O3/c1-16-24(31)6-7-25(33-16)23-15-37(35-28(23)18-2-3-18)21-10-17(11-21)13-32-20-4-5-22-19(12-20)14-36(30(22)40)26-8-9-27(38)34-29(26)39/h4-7,12,15,17-18,21,26,32H,2-3,8-11,13-14H2,1H3,(H,34,38,39)/t17?,21?,26-/m1/s1. The van der Waals surface area contributed by atoms with Crippen LogP contribution in [0.5, 0.6) is 0 Å². The molecule has 206 valence electrons. The summed E-state index contributed by atoms with van der Waals surface area (Å²) in [6.07, 6.45) is 7.00. The number of piperidine rings is 1. The van der Waals surface area contributed by atoms with E-state index in [1.165, 1.54) is 6.07 Å². The van der Waals surface area contributed by atoms with E-state index >= 15 is 0 Å². The maximum Gasteiger partial charge on any atom is 0.255 e. The minimum atomic E-state index is -0.605. The first kappa shape index (κ1) is 24.9. The van der Waals surface area contributed by atoms with Gasteiger partial charge in [0.05, 0.1) is 23.1 Å². The van der Waals surface area contributed by atoms with Gasteiger partial charge in [0.2, 0.25) is 11.8 Å². The number of fused-ring (bicyclic) bond motifs is 1. The van der Waals surface area contributed by atoms with Crippen molar-refractivity contribution in [3.63, 3.8) is 0 Å². The molecule has 1 saturated heterocycles. The second kappa shape index (κ2) is 9.53. The van der Waals surface area contributed by atoms with E-state index in [4.69, 9.17) is 5.10 Å². The van der Waals surface area contributed by atoms with Gasteiger partial charge in [-0.25, -0.2) is 9.37 Å². The lowest BCUT2D eigenvalue weighted by atomic mass is 9.80. The van der Waals surface area contributed by atoms with E-state index in [0.717, 1.165) is 60.4 Å². The number of carbonyl (C=O) groups excluding carboxylic acids is 3. The number of carbonyl (C=O) groups is 3. The van der Waals surface area contributed by atoms with Crippen LogP contribution in [-0.4, -0.2) is 50.0 Å². The number of aromatic nitrogens is 3. The Morgan fingerprint density at radius 3 is 2.65 bits per heavy atom. The van der Waals surface area contributed by atoms with Gasteiger partial charge in [0.25, 0.3) is 5.91 Å². The van der Waals surface area contributed by atoms with E-state index in [2.05, 4.69) is 26.5 Å². The summed E-state index contributed by atoms with van der Waals surface area (Å²) in [5.74, 6) is -0.158. The fourth-order valence-electron chi connectivity index (χ4n) is 6.17. The first-order valence-electron chi connectivity index (χ1n) is 14.1. The Bertz CT molecular complexity index is 1540. The van der Waals surface area contributed by atoms with Crippen LogP contribution in [-0.2, 0) is 16.1 Å². The summed E-state index contributed by atoms with van der Waals surface area (Å²) >= 11 is 0. The number of amides is 3. The molecule has 2 aliphatic heterocycles. The van der Waals surface area contributed by atoms with Gasteiger partial charge in [-0.15, -0.1) is 0 Å². The lowest BCUT2D eigenvalue weighted by Crippen LogP contribution is -2.52. The summed E-state index contributed by atoms with van der Waals surface area (Å²) in [6.45, 7) is 2.88. The van der Waals surface area contributed by atoms with Gasteiger partial charge in [0.1, 0.15) is 11.9 Å². The number of anilines is 1. The Morgan fingerprint density at radius 1 is 1.07 bits per heavy atom. The quantitative estimate of drug-likeness (QED) is 0.436. The van der Waals surface area contributed by atoms with Crippen molar-refractivity contribution in [2.24, 2.45) is 5.92 Å². The molecular weight excluding hydrogens is 511 g/mol. The molecule has 0 bridgehead atoms. The zero-order valence-corrected chi connectivity index (χ0v) is 22.3. The summed E-state index contributed by atoms with van der Waals surface area (Å²) in [4.78, 5) is 42.8. The maximum absolute atomic E-state index is 13.8. The molecule has 2 N–H and O–H groups in total. The van der Waals surface area contributed by atoms with Crippen LogP contribution in [0.2, 0.25) is 0 Å². The first-order chi connectivity index (χ1) is 19.3. The van der Waals surface area contributed by atoms with Gasteiger partial charge in [0.15, 0.2) is 0 Å². The Kier molecular flexibility index (Phi) is 5.94. The number of benzene rings is 1. The monoisotopic (exact) mass is 542 g/mol. The highest BCUT2D eigenvalue weighted by molar-refractivity contribution is 6.05. The molecule has 3 aromatic rings. The van der Waals surface area contributed by atoms with E-state index in [9.17, 15) is 18.8 Å². The van der Waals surface area contributed by atoms with Crippen molar-refractivity contribution in [3.05, 3.63) is 64.9 Å². The summed E-state index contributed by atoms with van der Waals surface area (Å²) in [6, 6.07) is 8.70. The normalized spacial score (nSPS) is 24.1. The number of aryl methyl sites for hydroxylation is 1. The third kappa shape index (κ3) is 4.45. The number of rotatable bonds is 7. The van der Waals surface area contributed by atoms with E-state index in [0.29, 0.717) is 42.1 Å². The molecule has 7 rings (SSSR count). The largest absolute Gasteiger partial charge is 0.385 e. The second-order valence-corrected chi connectivity index (χ2v) is 11.6. The molecule has 0 unspecified atom stereocenters. The van der Waals surface area contributed by atoms with Crippen LogP contribution in [0.15, 0.2) is 36.5 Å². The van der Waals surface area contributed by atoms with E-state index in [-0.39, 0.29) is 24.1 Å². The fourth-order valence-corrected chi connectivity index (χ4v) is 6.17. The van der Waals surface area contributed by atoms with Crippen LogP contribution in [0.25, 0.3) is 11.3 Å². The number of pyridine rings is 1. The number of hydrogen-bond acceptors (Lipinski definition) is 6. The third-order valence-corrected chi connectivity index (χ3v) is 8.73. The van der Waals surface area contributed by atoms with Crippen molar-refractivity contribution in [3.8, 4) is 11.3 Å². The molecule has 0 radical (unpaired) electrons. The Balaban J connectivity index is 0.971. The first-order valence-corrected chi connectivity index (χ1v) is 14.1. The molecule has 1 atom stereocenters. The maximum atomic E-state index is 13.8. The molecule has 3 amide bonds. The number of nitrogens with zero attached hydrogens (tertiary/aromatic N) is 4. The van der Waals surface area contributed by atoms with E-state index in [1.54, 1.807) is 17.9 Å². The van der Waals surface area contributed by atoms with Crippen molar-refractivity contribution < 1.29 is 18.8 Å². The number of imide groups is 1. The Hall–Kier alpha value is -4.08. The SMILES string of the molecule is Cc1nc(-c2cn(C3CC(CNc4ccc5c(c4)CN([C@@H]4CCC(=O)NC4=O)C5=O)C3)nc2C2CC2)ccc1F. The van der Waals surface area contributed by atoms with Gasteiger partial charge in [-0.1, -0.05) is 0 Å². The molecule has 3 fully saturated rings. The van der Waals surface area contributed by atoms with Crippen LogP contribution in [0, 0.1) is 18.7 Å². The minimum absolute atomic E-state index is 0.159. The van der Waals surface area contributed by atoms with Crippen LogP contribution in [0.1, 0.15) is 77.8 Å². The van der Waals surface area contributed by atoms with Gasteiger partial charge < -0.3 is 10.2 Å². The molecule has 2 aliphatic carbocycles. The second-order valence-electron chi connectivity index (χ2n) is 11.6. The van der Waals surface area contributed by atoms with Gasteiger partial charge in [-0.05, 0) is 80.8 Å². The zero-order valence-electron chi connectivity index (χ0n) is 22.3. The molecule has 10 heteroatoms. The predicted molar refractivity (Wildman–Crippen MR) is 145 cm³/mol. The predicted octanol–water partition coefficient (Wildman–Crippen LogP) is 4.09. The van der Waals surface area contributed by atoms with Crippen molar-refractivity contribution >= 4 is 23.4 Å². The third-order valence-electron chi connectivity index (χ3n) is 8.73. The average molecular weight is 543 g/mol. The molecule has 1 aromatic carbocycles. The van der Waals surface area contributed by atoms with Crippen molar-refractivity contribution in [1.82, 2.24) is 25.0 Å². The lowest BCUT2D eigenvalue weighted by Gasteiger charge is -2.35. The average Bonchev–Trinajstić information content (AvgIpc) is 3.58. The summed E-state index contributed by atoms with van der Waals surface area (Å²) in [7, 11) is 0. The molecule has 2 aromatic heterocycles. The van der Waals surface area contributed by atoms with Crippen LogP contribution in [0.4, 0.5) is 10.1 Å². The minimum Gasteiger partial charge on any atom is -0.385 e. The van der Waals surface area contributed by atoms with Crippen molar-refractivity contribution in [2.45, 2.75) is 70.0 Å². The summed E-state index contributed by atoms with van der Waals surface area (Å²) in [5, 5.41) is 10.8. The number of nitrogens with one attached hydrogen (secondary N) is 2. The van der Waals surface area contributed by atoms with Crippen LogP contribution >= 0.6 is 0 Å². The highest BCUT2D eigenvalue weighted by Crippen LogP contribution is 2.45. The van der Waals surface area contributed by atoms with E-state index < -0.39 is 11.9 Å². The van der Waals surface area contributed by atoms with Crippen LogP contribution < -0.4 is 10.6 Å². The van der Waals surface area contributed by atoms with Gasteiger partial charge >= 0.3 is 0 Å². The Morgan fingerprint density at radius 2 is 1.90 bits per heavy atom. The molecule has 40 heavy (non-hydrogen) atoms. The molecule has 2 saturated carbocycles. The topological polar surface area (TPSA) is 109 Å². The van der Waals surface area contributed by atoms with Crippen molar-refractivity contribution in [2.75, 3.05) is 11.9 Å². The van der Waals surface area contributed by atoms with Gasteiger partial charge in [-0.3, -0.25) is 24.4 Å². The zero-order chi connectivity index (χ0) is 27.5. The van der Waals surface area contributed by atoms with Crippen molar-refractivity contribution in [1.29, 1.82) is 0 Å². The highest BCUT2D eigenvalue weighted by Gasteiger charge is 2.39. The Labute approximate surface area is 231 Å². The molecular formula is C30H31FN6O3. The highest BCUT2D eigenvalue weighted by atomic mass is 19.1.